The summed E-state index contributed by atoms with van der Waals surface area (Å²) in [4.78, 5) is 4.06. The minimum absolute atomic E-state index is 0.0400. The molecule has 1 N–H and O–H groups in total. The van der Waals surface area contributed by atoms with Crippen LogP contribution >= 0.6 is 0 Å². The highest BCUT2D eigenvalue weighted by Crippen LogP contribution is 2.49. The van der Waals surface area contributed by atoms with Crippen molar-refractivity contribution in [3.05, 3.63) is 23.9 Å². The van der Waals surface area contributed by atoms with Crippen LogP contribution in [0.2, 0.25) is 0 Å². The first-order chi connectivity index (χ1) is 10.5. The lowest BCUT2D eigenvalue weighted by molar-refractivity contribution is 0.0750. The van der Waals surface area contributed by atoms with Crippen LogP contribution in [0.15, 0.2) is 18.3 Å². The van der Waals surface area contributed by atoms with E-state index >= 15 is 0 Å². The van der Waals surface area contributed by atoms with Crippen molar-refractivity contribution in [3.8, 4) is 5.88 Å². The van der Waals surface area contributed by atoms with Gasteiger partial charge < -0.3 is 9.47 Å². The second-order valence-corrected chi connectivity index (χ2v) is 8.15. The molecule has 1 unspecified atom stereocenters. The van der Waals surface area contributed by atoms with Gasteiger partial charge in [0.15, 0.2) is 0 Å². The maximum atomic E-state index is 12.2. The average molecular weight is 326 g/mol. The van der Waals surface area contributed by atoms with Gasteiger partial charge in [-0.1, -0.05) is 12.5 Å². The molecule has 1 aromatic heterocycles. The van der Waals surface area contributed by atoms with E-state index in [1.165, 1.54) is 19.3 Å². The predicted molar refractivity (Wildman–Crippen MR) is 82.1 cm³/mol. The minimum Gasteiger partial charge on any atom is -0.481 e. The maximum Gasteiger partial charge on any atom is 0.214 e. The van der Waals surface area contributed by atoms with Gasteiger partial charge in [0, 0.05) is 18.8 Å². The van der Waals surface area contributed by atoms with Gasteiger partial charge in [-0.05, 0) is 30.2 Å². The molecule has 2 fully saturated rings. The maximum absolute atomic E-state index is 12.2. The van der Waals surface area contributed by atoms with Crippen molar-refractivity contribution in [2.75, 3.05) is 19.5 Å². The van der Waals surface area contributed by atoms with Crippen LogP contribution in [0.4, 0.5) is 0 Å². The van der Waals surface area contributed by atoms with E-state index in [9.17, 15) is 8.42 Å². The molecular formula is C15H22N2O4S. The lowest BCUT2D eigenvalue weighted by Crippen LogP contribution is -2.33. The van der Waals surface area contributed by atoms with Gasteiger partial charge in [0.05, 0.1) is 25.6 Å². The monoisotopic (exact) mass is 326 g/mol. The Morgan fingerprint density at radius 2 is 2.27 bits per heavy atom. The Hall–Kier alpha value is -1.18. The molecule has 0 radical (unpaired) electrons. The van der Waals surface area contributed by atoms with E-state index in [2.05, 4.69) is 9.71 Å². The number of hydrogen-bond acceptors (Lipinski definition) is 5. The summed E-state index contributed by atoms with van der Waals surface area (Å²) in [7, 11) is -1.80. The van der Waals surface area contributed by atoms with Gasteiger partial charge >= 0.3 is 0 Å². The standard InChI is InChI=1S/C15H22N2O4S/c1-20-14-4-3-12(8-16-14)9-17-22(18,19)10-13-7-15(11-21-13)5-2-6-15/h3-4,8,13,17H,2,5-7,9-11H2,1H3. The van der Waals surface area contributed by atoms with Crippen molar-refractivity contribution in [1.29, 1.82) is 0 Å². The van der Waals surface area contributed by atoms with Crippen molar-refractivity contribution >= 4 is 10.0 Å². The summed E-state index contributed by atoms with van der Waals surface area (Å²) in [5.74, 6) is 0.551. The largest absolute Gasteiger partial charge is 0.481 e. The predicted octanol–water partition coefficient (Wildman–Crippen LogP) is 1.47. The third-order valence-electron chi connectivity index (χ3n) is 4.61. The topological polar surface area (TPSA) is 77.5 Å². The summed E-state index contributed by atoms with van der Waals surface area (Å²) in [6, 6.07) is 3.51. The molecule has 22 heavy (non-hydrogen) atoms. The van der Waals surface area contributed by atoms with E-state index in [-0.39, 0.29) is 23.8 Å². The highest BCUT2D eigenvalue weighted by atomic mass is 32.2. The van der Waals surface area contributed by atoms with Crippen LogP contribution < -0.4 is 9.46 Å². The Labute approximate surface area is 131 Å². The van der Waals surface area contributed by atoms with Crippen LogP contribution in [-0.4, -0.2) is 39.0 Å². The Morgan fingerprint density at radius 1 is 1.45 bits per heavy atom. The number of nitrogens with zero attached hydrogens (tertiary/aromatic N) is 1. The van der Waals surface area contributed by atoms with Crippen molar-refractivity contribution < 1.29 is 17.9 Å². The number of nitrogens with one attached hydrogen (secondary N) is 1. The summed E-state index contributed by atoms with van der Waals surface area (Å²) in [6.07, 6.45) is 5.90. The summed E-state index contributed by atoms with van der Waals surface area (Å²) >= 11 is 0. The molecule has 1 spiro atoms. The first-order valence-electron chi connectivity index (χ1n) is 7.58. The van der Waals surface area contributed by atoms with Gasteiger partial charge in [-0.3, -0.25) is 0 Å². The van der Waals surface area contributed by atoms with Crippen LogP contribution in [0.25, 0.3) is 0 Å². The summed E-state index contributed by atoms with van der Waals surface area (Å²) in [5, 5.41) is 0. The van der Waals surface area contributed by atoms with Crippen molar-refractivity contribution in [2.45, 2.75) is 38.3 Å². The Balaban J connectivity index is 1.50. The van der Waals surface area contributed by atoms with E-state index in [0.29, 0.717) is 5.88 Å². The Morgan fingerprint density at radius 3 is 2.82 bits per heavy atom. The lowest BCUT2D eigenvalue weighted by Gasteiger charge is -2.36. The van der Waals surface area contributed by atoms with Gasteiger partial charge in [0.2, 0.25) is 15.9 Å². The quantitative estimate of drug-likeness (QED) is 0.856. The van der Waals surface area contributed by atoms with E-state index in [1.807, 2.05) is 0 Å². The number of rotatable bonds is 6. The molecule has 1 saturated heterocycles. The highest BCUT2D eigenvalue weighted by molar-refractivity contribution is 7.89. The van der Waals surface area contributed by atoms with E-state index in [0.717, 1.165) is 18.6 Å². The number of hydrogen-bond donors (Lipinski definition) is 1. The first kappa shape index (κ1) is 15.7. The zero-order valence-electron chi connectivity index (χ0n) is 12.7. The van der Waals surface area contributed by atoms with E-state index < -0.39 is 10.0 Å². The fourth-order valence-corrected chi connectivity index (χ4v) is 4.37. The van der Waals surface area contributed by atoms with Gasteiger partial charge in [-0.25, -0.2) is 18.1 Å². The zero-order valence-corrected chi connectivity index (χ0v) is 13.6. The fourth-order valence-electron chi connectivity index (χ4n) is 3.16. The summed E-state index contributed by atoms with van der Waals surface area (Å²) in [6.45, 7) is 0.951. The molecule has 1 aliphatic carbocycles. The molecule has 3 rings (SSSR count). The van der Waals surface area contributed by atoms with Crippen LogP contribution in [-0.2, 0) is 21.3 Å². The van der Waals surface area contributed by atoms with Crippen molar-refractivity contribution in [3.63, 3.8) is 0 Å². The lowest BCUT2D eigenvalue weighted by atomic mass is 9.68. The third kappa shape index (κ3) is 3.59. The number of methoxy groups -OCH3 is 1. The molecule has 122 valence electrons. The number of sulfonamides is 1. The average Bonchev–Trinajstić information content (AvgIpc) is 2.89. The highest BCUT2D eigenvalue weighted by Gasteiger charge is 2.45. The normalized spacial score (nSPS) is 23.4. The molecule has 1 atom stereocenters. The Kier molecular flexibility index (Phi) is 4.38. The number of pyridine rings is 1. The summed E-state index contributed by atoms with van der Waals surface area (Å²) in [5.41, 5.74) is 1.08. The molecule has 1 saturated carbocycles. The second kappa shape index (κ2) is 6.14. The van der Waals surface area contributed by atoms with E-state index in [4.69, 9.17) is 9.47 Å². The molecule has 0 aromatic carbocycles. The molecule has 0 bridgehead atoms. The third-order valence-corrected chi connectivity index (χ3v) is 6.00. The second-order valence-electron chi connectivity index (χ2n) is 6.30. The zero-order chi connectivity index (χ0) is 15.6. The van der Waals surface area contributed by atoms with E-state index in [1.54, 1.807) is 25.4 Å². The smallest absolute Gasteiger partial charge is 0.214 e. The number of aromatic nitrogens is 1. The van der Waals surface area contributed by atoms with Crippen LogP contribution in [0.1, 0.15) is 31.2 Å². The van der Waals surface area contributed by atoms with Crippen molar-refractivity contribution in [2.24, 2.45) is 5.41 Å². The van der Waals surface area contributed by atoms with Gasteiger partial charge in [-0.2, -0.15) is 0 Å². The van der Waals surface area contributed by atoms with Crippen LogP contribution in [0, 0.1) is 5.41 Å². The number of ether oxygens (including phenoxy) is 2. The van der Waals surface area contributed by atoms with Crippen LogP contribution in [0.5, 0.6) is 5.88 Å². The Bertz CT molecular complexity index is 611. The minimum atomic E-state index is -3.35. The summed E-state index contributed by atoms with van der Waals surface area (Å²) < 4.78 is 37.6. The molecule has 0 amide bonds. The van der Waals surface area contributed by atoms with Gasteiger partial charge in [-0.15, -0.1) is 0 Å². The molecule has 2 aliphatic rings. The molecule has 1 aliphatic heterocycles. The van der Waals surface area contributed by atoms with Crippen LogP contribution in [0.3, 0.4) is 0 Å². The fraction of sp³-hybridized carbons (Fsp3) is 0.667. The SMILES string of the molecule is COc1ccc(CNS(=O)(=O)CC2CC3(CCC3)CO2)cn1. The first-order valence-corrected chi connectivity index (χ1v) is 9.23. The molecule has 2 heterocycles. The molecular weight excluding hydrogens is 304 g/mol. The molecule has 7 heteroatoms. The van der Waals surface area contributed by atoms with Gasteiger partial charge in [0.25, 0.3) is 0 Å². The molecule has 1 aromatic rings. The van der Waals surface area contributed by atoms with Gasteiger partial charge in [0.1, 0.15) is 0 Å². The molecule has 6 nitrogen and oxygen atoms in total. The van der Waals surface area contributed by atoms with Crippen molar-refractivity contribution in [1.82, 2.24) is 9.71 Å².